The third kappa shape index (κ3) is 2.20. The zero-order chi connectivity index (χ0) is 16.5. The number of hydrogen-bond donors (Lipinski definition) is 1. The predicted octanol–water partition coefficient (Wildman–Crippen LogP) is 4.12. The van der Waals surface area contributed by atoms with Crippen molar-refractivity contribution < 1.29 is 14.6 Å². The third-order valence-corrected chi connectivity index (χ3v) is 7.25. The Balaban J connectivity index is 1.79. The zero-order valence-corrected chi connectivity index (χ0v) is 14.9. The maximum Gasteiger partial charge on any atom is 0.219 e. The van der Waals surface area contributed by atoms with Crippen molar-refractivity contribution in [1.82, 2.24) is 0 Å². The zero-order valence-electron chi connectivity index (χ0n) is 14.9. The molecule has 4 bridgehead atoms. The quantitative estimate of drug-likeness (QED) is 0.540. The molecule has 1 N–H and O–H groups in total. The molecular weight excluding hydrogens is 288 g/mol. The van der Waals surface area contributed by atoms with Crippen LogP contribution in [-0.4, -0.2) is 29.2 Å². The molecule has 0 aromatic heterocycles. The molecule has 1 saturated heterocycles. The van der Waals surface area contributed by atoms with Crippen LogP contribution in [0.2, 0.25) is 0 Å². The van der Waals surface area contributed by atoms with Gasteiger partial charge >= 0.3 is 0 Å². The summed E-state index contributed by atoms with van der Waals surface area (Å²) in [6.07, 6.45) is 8.51. The number of aliphatic hydroxyl groups is 1. The fraction of sp³-hybridized carbons (Fsp3) is 0.800. The van der Waals surface area contributed by atoms with Crippen LogP contribution in [0.4, 0.5) is 0 Å². The topological polar surface area (TPSA) is 42.0 Å². The molecule has 1 unspecified atom stereocenters. The van der Waals surface area contributed by atoms with Gasteiger partial charge in [-0.15, -0.1) is 0 Å². The van der Waals surface area contributed by atoms with Crippen LogP contribution in [0.5, 0.6) is 0 Å². The summed E-state index contributed by atoms with van der Waals surface area (Å²) in [5.41, 5.74) is 3.89. The van der Waals surface area contributed by atoms with E-state index in [1.54, 1.807) is 0 Å². The normalized spacial score (nSPS) is 52.1. The molecule has 0 aromatic carbocycles. The van der Waals surface area contributed by atoms with Crippen molar-refractivity contribution in [2.45, 2.75) is 83.7 Å². The number of fused-ring (bicyclic) bond motifs is 2. The number of hydrogen-bond acceptors (Lipinski definition) is 3. The molecule has 0 amide bonds. The second kappa shape index (κ2) is 4.93. The van der Waals surface area contributed by atoms with Crippen LogP contribution in [-0.2, 0) is 9.47 Å². The first-order chi connectivity index (χ1) is 10.8. The Hall–Kier alpha value is -0.640. The molecule has 2 aliphatic heterocycles. The second-order valence-corrected chi connectivity index (χ2v) is 8.70. The van der Waals surface area contributed by atoms with Gasteiger partial charge in [-0.3, -0.25) is 0 Å². The predicted molar refractivity (Wildman–Crippen MR) is 89.9 cm³/mol. The minimum Gasteiger partial charge on any atom is -0.360 e. The van der Waals surface area contributed by atoms with Crippen LogP contribution in [0.3, 0.4) is 0 Å². The van der Waals surface area contributed by atoms with Crippen molar-refractivity contribution >= 4 is 0 Å². The van der Waals surface area contributed by atoms with E-state index in [1.807, 2.05) is 0 Å². The lowest BCUT2D eigenvalue weighted by molar-refractivity contribution is -0.169. The number of epoxide rings is 1. The van der Waals surface area contributed by atoms with Crippen molar-refractivity contribution in [1.29, 1.82) is 0 Å². The molecule has 2 heterocycles. The number of rotatable bonds is 0. The molecule has 23 heavy (non-hydrogen) atoms. The fourth-order valence-electron chi connectivity index (χ4n) is 5.10. The number of allylic oxidation sites excluding steroid dienone is 2. The molecule has 0 aromatic rings. The third-order valence-electron chi connectivity index (χ3n) is 7.25. The lowest BCUT2D eigenvalue weighted by Crippen LogP contribution is -2.42. The summed E-state index contributed by atoms with van der Waals surface area (Å²) < 4.78 is 12.0. The molecule has 128 valence electrons. The van der Waals surface area contributed by atoms with Gasteiger partial charge in [-0.2, -0.15) is 0 Å². The highest BCUT2D eigenvalue weighted by Crippen LogP contribution is 2.59. The second-order valence-electron chi connectivity index (χ2n) is 8.70. The molecule has 3 nitrogen and oxygen atoms in total. The van der Waals surface area contributed by atoms with Crippen LogP contribution in [0.25, 0.3) is 0 Å². The van der Waals surface area contributed by atoms with Gasteiger partial charge in [0.1, 0.15) is 6.10 Å². The van der Waals surface area contributed by atoms with Gasteiger partial charge in [0, 0.05) is 0 Å². The Morgan fingerprint density at radius 2 is 1.96 bits per heavy atom. The van der Waals surface area contributed by atoms with E-state index in [9.17, 15) is 5.11 Å². The van der Waals surface area contributed by atoms with Crippen molar-refractivity contribution in [3.8, 4) is 0 Å². The molecule has 5 atom stereocenters. The van der Waals surface area contributed by atoms with Crippen LogP contribution in [0.15, 0.2) is 22.8 Å². The van der Waals surface area contributed by atoms with Crippen molar-refractivity contribution in [3.05, 3.63) is 22.8 Å². The van der Waals surface area contributed by atoms with Gasteiger partial charge in [0.25, 0.3) is 0 Å². The van der Waals surface area contributed by atoms with Crippen molar-refractivity contribution in [2.24, 2.45) is 11.3 Å². The van der Waals surface area contributed by atoms with Crippen LogP contribution >= 0.6 is 0 Å². The van der Waals surface area contributed by atoms with Gasteiger partial charge in [0.15, 0.2) is 0 Å². The Morgan fingerprint density at radius 3 is 2.74 bits per heavy atom. The Labute approximate surface area is 139 Å². The maximum atomic E-state index is 11.3. The van der Waals surface area contributed by atoms with Crippen LogP contribution in [0, 0.1) is 11.3 Å². The maximum absolute atomic E-state index is 11.3. The SMILES string of the molecule is C/C1=C/CC[C@]2(C)O[C@@H]2C2(O)OCC3=C2CC[C@@H](C)[C@]3(C)CC1. The Morgan fingerprint density at radius 1 is 1.17 bits per heavy atom. The van der Waals surface area contributed by atoms with E-state index in [1.165, 1.54) is 11.1 Å². The first kappa shape index (κ1) is 15.9. The van der Waals surface area contributed by atoms with Gasteiger partial charge < -0.3 is 14.6 Å². The van der Waals surface area contributed by atoms with Gasteiger partial charge in [-0.25, -0.2) is 0 Å². The van der Waals surface area contributed by atoms with E-state index in [-0.39, 0.29) is 17.1 Å². The van der Waals surface area contributed by atoms with E-state index < -0.39 is 5.79 Å². The van der Waals surface area contributed by atoms with Gasteiger partial charge in [0.05, 0.1) is 12.2 Å². The van der Waals surface area contributed by atoms with Gasteiger partial charge in [-0.1, -0.05) is 25.5 Å². The summed E-state index contributed by atoms with van der Waals surface area (Å²) >= 11 is 0. The summed E-state index contributed by atoms with van der Waals surface area (Å²) in [5.74, 6) is -0.543. The Bertz CT molecular complexity index is 592. The standard InChI is InChI=1S/C20H30O3/c1-13-6-5-10-19(4)17(23-19)20(21)15-8-7-14(2)18(3,11-9-13)16(15)12-22-20/h6,14,17,21H,5,7-12H2,1-4H3/b13-6-/t14-,17+,18+,19+,20?/m1/s1. The summed E-state index contributed by atoms with van der Waals surface area (Å²) in [4.78, 5) is 0. The minimum absolute atomic E-state index is 0.137. The smallest absolute Gasteiger partial charge is 0.219 e. The largest absolute Gasteiger partial charge is 0.360 e. The molecule has 4 aliphatic rings. The highest BCUT2D eigenvalue weighted by atomic mass is 16.7. The minimum atomic E-state index is -1.18. The van der Waals surface area contributed by atoms with E-state index in [4.69, 9.17) is 9.47 Å². The van der Waals surface area contributed by atoms with Crippen LogP contribution < -0.4 is 0 Å². The first-order valence-corrected chi connectivity index (χ1v) is 9.22. The van der Waals surface area contributed by atoms with Crippen molar-refractivity contribution in [2.75, 3.05) is 6.61 Å². The number of ether oxygens (including phenoxy) is 2. The summed E-state index contributed by atoms with van der Waals surface area (Å²) in [6.45, 7) is 9.70. The molecule has 3 heteroatoms. The lowest BCUT2D eigenvalue weighted by atomic mass is 9.62. The van der Waals surface area contributed by atoms with Crippen LogP contribution in [0.1, 0.15) is 66.2 Å². The molecule has 0 saturated carbocycles. The Kier molecular flexibility index (Phi) is 3.40. The average Bonchev–Trinajstić information content (AvgIpc) is 3.05. The fourth-order valence-corrected chi connectivity index (χ4v) is 5.10. The highest BCUT2D eigenvalue weighted by Gasteiger charge is 2.67. The molecule has 1 fully saturated rings. The van der Waals surface area contributed by atoms with E-state index in [0.717, 1.165) is 44.1 Å². The molecule has 4 rings (SSSR count). The summed E-state index contributed by atoms with van der Waals surface area (Å²) in [5, 5.41) is 11.3. The van der Waals surface area contributed by atoms with E-state index >= 15 is 0 Å². The molecule has 2 aliphatic carbocycles. The molecule has 0 spiro atoms. The monoisotopic (exact) mass is 318 g/mol. The summed E-state index contributed by atoms with van der Waals surface area (Å²) in [6, 6.07) is 0. The average molecular weight is 318 g/mol. The van der Waals surface area contributed by atoms with Gasteiger partial charge in [-0.05, 0) is 74.9 Å². The molecule has 0 radical (unpaired) electrons. The molecular formula is C20H30O3. The first-order valence-electron chi connectivity index (χ1n) is 9.22. The van der Waals surface area contributed by atoms with Crippen molar-refractivity contribution in [3.63, 3.8) is 0 Å². The highest BCUT2D eigenvalue weighted by molar-refractivity contribution is 5.38. The lowest BCUT2D eigenvalue weighted by Gasteiger charge is -2.42. The van der Waals surface area contributed by atoms with Gasteiger partial charge in [0.2, 0.25) is 5.79 Å². The summed E-state index contributed by atoms with van der Waals surface area (Å²) in [7, 11) is 0. The van der Waals surface area contributed by atoms with E-state index in [0.29, 0.717) is 12.5 Å². The van der Waals surface area contributed by atoms with E-state index in [2.05, 4.69) is 33.8 Å².